The summed E-state index contributed by atoms with van der Waals surface area (Å²) in [6.07, 6.45) is 1.67. The molecule has 0 aliphatic carbocycles. The van der Waals surface area contributed by atoms with E-state index in [1.54, 1.807) is 6.07 Å². The van der Waals surface area contributed by atoms with Crippen LogP contribution in [0.3, 0.4) is 0 Å². The van der Waals surface area contributed by atoms with Gasteiger partial charge in [-0.2, -0.15) is 4.31 Å². The van der Waals surface area contributed by atoms with E-state index in [-0.39, 0.29) is 41.7 Å². The zero-order valence-corrected chi connectivity index (χ0v) is 20.4. The predicted octanol–water partition coefficient (Wildman–Crippen LogP) is 2.44. The molecule has 1 N–H and O–H groups in total. The molecule has 0 aromatic heterocycles. The first-order valence-electron chi connectivity index (χ1n) is 11.6. The average Bonchev–Trinajstić information content (AvgIpc) is 2.80. The Balaban J connectivity index is 1.49. The normalized spacial score (nSPS) is 21.0. The van der Waals surface area contributed by atoms with Gasteiger partial charge in [0.25, 0.3) is 5.91 Å². The first-order chi connectivity index (χ1) is 16.2. The van der Waals surface area contributed by atoms with Crippen LogP contribution in [0.5, 0.6) is 5.75 Å². The third-order valence-electron chi connectivity index (χ3n) is 6.23. The van der Waals surface area contributed by atoms with E-state index in [4.69, 9.17) is 4.74 Å². The van der Waals surface area contributed by atoms with E-state index in [1.807, 2.05) is 30.3 Å². The summed E-state index contributed by atoms with van der Waals surface area (Å²) < 4.78 is 33.7. The van der Waals surface area contributed by atoms with Crippen LogP contribution < -0.4 is 15.0 Å². The molecule has 0 radical (unpaired) electrons. The van der Waals surface area contributed by atoms with Gasteiger partial charge in [0, 0.05) is 19.6 Å². The zero-order chi connectivity index (χ0) is 24.3. The maximum absolute atomic E-state index is 13.4. The Morgan fingerprint density at radius 2 is 1.79 bits per heavy atom. The van der Waals surface area contributed by atoms with E-state index in [0.717, 1.165) is 12.0 Å². The highest BCUT2D eigenvalue weighted by Crippen LogP contribution is 2.36. The molecule has 1 saturated heterocycles. The first-order valence-corrected chi connectivity index (χ1v) is 13.1. The fourth-order valence-corrected chi connectivity index (χ4v) is 6.36. The lowest BCUT2D eigenvalue weighted by Gasteiger charge is -2.34. The summed E-state index contributed by atoms with van der Waals surface area (Å²) in [5, 5.41) is 2.84. The molecule has 2 atom stereocenters. The second-order valence-electron chi connectivity index (χ2n) is 9.25. The van der Waals surface area contributed by atoms with Crippen molar-refractivity contribution in [3.05, 3.63) is 54.1 Å². The van der Waals surface area contributed by atoms with E-state index in [2.05, 4.69) is 19.2 Å². The number of carbonyl (C=O) groups excluding carboxylic acids is 2. The van der Waals surface area contributed by atoms with Gasteiger partial charge in [-0.05, 0) is 48.4 Å². The van der Waals surface area contributed by atoms with Crippen LogP contribution in [0.1, 0.15) is 25.8 Å². The number of nitrogens with zero attached hydrogens (tertiary/aromatic N) is 2. The summed E-state index contributed by atoms with van der Waals surface area (Å²) in [7, 11) is -3.74. The van der Waals surface area contributed by atoms with Gasteiger partial charge in [-0.25, -0.2) is 8.42 Å². The van der Waals surface area contributed by atoms with E-state index >= 15 is 0 Å². The largest absolute Gasteiger partial charge is 0.482 e. The second kappa shape index (κ2) is 10.1. The number of amides is 2. The van der Waals surface area contributed by atoms with E-state index in [9.17, 15) is 18.0 Å². The van der Waals surface area contributed by atoms with Crippen LogP contribution in [0.2, 0.25) is 0 Å². The van der Waals surface area contributed by atoms with Crippen LogP contribution in [0.25, 0.3) is 0 Å². The van der Waals surface area contributed by atoms with Crippen LogP contribution in [-0.2, 0) is 26.0 Å². The Hall–Kier alpha value is -2.91. The number of ether oxygens (including phenoxy) is 1. The van der Waals surface area contributed by atoms with Crippen molar-refractivity contribution < 1.29 is 22.7 Å². The molecule has 2 heterocycles. The van der Waals surface area contributed by atoms with Crippen molar-refractivity contribution >= 4 is 27.5 Å². The highest BCUT2D eigenvalue weighted by atomic mass is 32.2. The SMILES string of the molecule is C[C@@H]1C[C@H](C)CN(S(=O)(=O)c2ccc3c(c2)N(CC(=O)NCCc2ccccc2)C(=O)CO3)C1. The van der Waals surface area contributed by atoms with Crippen molar-refractivity contribution in [1.29, 1.82) is 0 Å². The quantitative estimate of drug-likeness (QED) is 0.650. The summed E-state index contributed by atoms with van der Waals surface area (Å²) in [5.74, 6) is 0.231. The van der Waals surface area contributed by atoms with Crippen molar-refractivity contribution in [2.24, 2.45) is 11.8 Å². The second-order valence-corrected chi connectivity index (χ2v) is 11.2. The minimum absolute atomic E-state index is 0.0975. The molecular weight excluding hydrogens is 454 g/mol. The molecule has 9 heteroatoms. The molecule has 0 saturated carbocycles. The summed E-state index contributed by atoms with van der Waals surface area (Å²) in [4.78, 5) is 26.6. The lowest BCUT2D eigenvalue weighted by atomic mass is 9.94. The maximum atomic E-state index is 13.4. The van der Waals surface area contributed by atoms with Gasteiger partial charge >= 0.3 is 0 Å². The fraction of sp³-hybridized carbons (Fsp3) is 0.440. The number of anilines is 1. The Kier molecular flexibility index (Phi) is 7.23. The number of hydrogen-bond donors (Lipinski definition) is 1. The molecule has 4 rings (SSSR count). The van der Waals surface area contributed by atoms with Crippen molar-refractivity contribution in [1.82, 2.24) is 9.62 Å². The van der Waals surface area contributed by atoms with Gasteiger partial charge < -0.3 is 10.1 Å². The topological polar surface area (TPSA) is 96.0 Å². The molecule has 2 aliphatic heterocycles. The minimum Gasteiger partial charge on any atom is -0.482 e. The van der Waals surface area contributed by atoms with Crippen LogP contribution >= 0.6 is 0 Å². The molecule has 8 nitrogen and oxygen atoms in total. The third kappa shape index (κ3) is 5.42. The molecule has 34 heavy (non-hydrogen) atoms. The number of hydrogen-bond acceptors (Lipinski definition) is 5. The smallest absolute Gasteiger partial charge is 0.265 e. The molecule has 2 aromatic rings. The molecule has 2 aliphatic rings. The van der Waals surface area contributed by atoms with E-state index in [1.165, 1.54) is 21.3 Å². The first kappa shape index (κ1) is 24.2. The Morgan fingerprint density at radius 1 is 1.09 bits per heavy atom. The standard InChI is InChI=1S/C25H31N3O5S/c1-18-12-19(2)15-27(14-18)34(31,32)21-8-9-23-22(13-21)28(25(30)17-33-23)16-24(29)26-11-10-20-6-4-3-5-7-20/h3-9,13,18-19H,10-12,14-17H2,1-2H3,(H,26,29)/t18-,19+. The van der Waals surface area contributed by atoms with Crippen LogP contribution in [0.4, 0.5) is 5.69 Å². The van der Waals surface area contributed by atoms with Crippen LogP contribution in [-0.4, -0.2) is 57.3 Å². The molecule has 182 valence electrons. The summed E-state index contributed by atoms with van der Waals surface area (Å²) in [6, 6.07) is 14.3. The Morgan fingerprint density at radius 3 is 2.50 bits per heavy atom. The summed E-state index contributed by atoms with van der Waals surface area (Å²) >= 11 is 0. The lowest BCUT2D eigenvalue weighted by molar-refractivity contribution is -0.125. The number of sulfonamides is 1. The van der Waals surface area contributed by atoms with Crippen molar-refractivity contribution in [3.63, 3.8) is 0 Å². The predicted molar refractivity (Wildman–Crippen MR) is 129 cm³/mol. The highest BCUT2D eigenvalue weighted by molar-refractivity contribution is 7.89. The van der Waals surface area contributed by atoms with Gasteiger partial charge in [0.2, 0.25) is 15.9 Å². The van der Waals surface area contributed by atoms with Gasteiger partial charge in [0.05, 0.1) is 10.6 Å². The molecule has 2 amide bonds. The molecular formula is C25H31N3O5S. The van der Waals surface area contributed by atoms with E-state index < -0.39 is 10.0 Å². The number of benzene rings is 2. The fourth-order valence-electron chi connectivity index (χ4n) is 4.66. The number of nitrogens with one attached hydrogen (secondary N) is 1. The number of rotatable bonds is 7. The maximum Gasteiger partial charge on any atom is 0.265 e. The monoisotopic (exact) mass is 485 g/mol. The third-order valence-corrected chi connectivity index (χ3v) is 8.05. The number of piperidine rings is 1. The van der Waals surface area contributed by atoms with Gasteiger partial charge in [0.15, 0.2) is 6.61 Å². The lowest BCUT2D eigenvalue weighted by Crippen LogP contribution is -2.45. The molecule has 0 spiro atoms. The Labute approximate surface area is 200 Å². The van der Waals surface area contributed by atoms with E-state index in [0.29, 0.717) is 37.5 Å². The van der Waals surface area contributed by atoms with Gasteiger partial charge in [-0.3, -0.25) is 14.5 Å². The van der Waals surface area contributed by atoms with Crippen LogP contribution in [0.15, 0.2) is 53.4 Å². The summed E-state index contributed by atoms with van der Waals surface area (Å²) in [5.41, 5.74) is 1.40. The number of fused-ring (bicyclic) bond motifs is 1. The van der Waals surface area contributed by atoms with Crippen molar-refractivity contribution in [2.75, 3.05) is 37.7 Å². The average molecular weight is 486 g/mol. The minimum atomic E-state index is -3.74. The Bertz CT molecular complexity index is 1140. The molecule has 0 unspecified atom stereocenters. The molecule has 0 bridgehead atoms. The van der Waals surface area contributed by atoms with Gasteiger partial charge in [-0.1, -0.05) is 44.2 Å². The van der Waals surface area contributed by atoms with Gasteiger partial charge in [0.1, 0.15) is 12.3 Å². The molecule has 1 fully saturated rings. The number of carbonyl (C=O) groups is 2. The van der Waals surface area contributed by atoms with Crippen molar-refractivity contribution in [2.45, 2.75) is 31.6 Å². The molecule has 2 aromatic carbocycles. The zero-order valence-electron chi connectivity index (χ0n) is 19.6. The van der Waals surface area contributed by atoms with Crippen LogP contribution in [0, 0.1) is 11.8 Å². The summed E-state index contributed by atoms with van der Waals surface area (Å²) in [6.45, 7) is 5.07. The van der Waals surface area contributed by atoms with Crippen molar-refractivity contribution in [3.8, 4) is 5.75 Å². The van der Waals surface area contributed by atoms with Gasteiger partial charge in [-0.15, -0.1) is 0 Å². The highest BCUT2D eigenvalue weighted by Gasteiger charge is 2.34.